The number of aromatic carboxylic acids is 1. The van der Waals surface area contributed by atoms with Gasteiger partial charge in [0.15, 0.2) is 0 Å². The largest absolute Gasteiger partial charge is 0.486 e. The van der Waals surface area contributed by atoms with Crippen molar-refractivity contribution in [3.63, 3.8) is 0 Å². The van der Waals surface area contributed by atoms with Crippen LogP contribution in [0.3, 0.4) is 0 Å². The number of carbonyl (C=O) groups is 1. The molecule has 1 unspecified atom stereocenters. The fraction of sp³-hybridized carbons (Fsp3) is 0.278. The highest BCUT2D eigenvalue weighted by molar-refractivity contribution is 5.87. The van der Waals surface area contributed by atoms with Gasteiger partial charge in [-0.05, 0) is 36.2 Å². The molecule has 0 saturated heterocycles. The average molecular weight is 315 g/mol. The minimum atomic E-state index is -0.952. The second-order valence-electron chi connectivity index (χ2n) is 5.65. The van der Waals surface area contributed by atoms with Crippen LogP contribution in [-0.4, -0.2) is 23.7 Å². The molecular formula is C18H18FNO3. The van der Waals surface area contributed by atoms with E-state index in [2.05, 4.69) is 0 Å². The van der Waals surface area contributed by atoms with Gasteiger partial charge in [-0.3, -0.25) is 0 Å². The number of rotatable bonds is 4. The van der Waals surface area contributed by atoms with Gasteiger partial charge in [-0.15, -0.1) is 0 Å². The molecule has 0 fully saturated rings. The van der Waals surface area contributed by atoms with Gasteiger partial charge >= 0.3 is 5.97 Å². The van der Waals surface area contributed by atoms with Crippen LogP contribution in [0, 0.1) is 5.82 Å². The van der Waals surface area contributed by atoms with Gasteiger partial charge < -0.3 is 14.7 Å². The molecule has 2 aromatic rings. The highest BCUT2D eigenvalue weighted by atomic mass is 19.1. The van der Waals surface area contributed by atoms with Crippen molar-refractivity contribution in [2.75, 3.05) is 11.4 Å². The third-order valence-corrected chi connectivity index (χ3v) is 3.98. The first-order chi connectivity index (χ1) is 11.1. The SMILES string of the molecule is CCC1CN(Cc2cccc(C(=O)O)c2)c2cc(F)ccc2O1. The van der Waals surface area contributed by atoms with Gasteiger partial charge in [-0.2, -0.15) is 0 Å². The average Bonchev–Trinajstić information content (AvgIpc) is 2.55. The smallest absolute Gasteiger partial charge is 0.335 e. The molecule has 0 spiro atoms. The van der Waals surface area contributed by atoms with Crippen LogP contribution in [0.4, 0.5) is 10.1 Å². The lowest BCUT2D eigenvalue weighted by molar-refractivity contribution is 0.0696. The number of ether oxygens (including phenoxy) is 1. The molecule has 1 aliphatic heterocycles. The first-order valence-electron chi connectivity index (χ1n) is 7.60. The summed E-state index contributed by atoms with van der Waals surface area (Å²) < 4.78 is 19.5. The zero-order valence-corrected chi connectivity index (χ0v) is 12.8. The fourth-order valence-electron chi connectivity index (χ4n) is 2.78. The van der Waals surface area contributed by atoms with Crippen LogP contribution in [0.5, 0.6) is 5.75 Å². The lowest BCUT2D eigenvalue weighted by Gasteiger charge is -2.36. The van der Waals surface area contributed by atoms with Crippen molar-refractivity contribution in [1.29, 1.82) is 0 Å². The van der Waals surface area contributed by atoms with Crippen molar-refractivity contribution < 1.29 is 19.0 Å². The summed E-state index contributed by atoms with van der Waals surface area (Å²) in [5, 5.41) is 9.11. The Balaban J connectivity index is 1.91. The molecule has 1 N–H and O–H groups in total. The number of fused-ring (bicyclic) bond motifs is 1. The molecule has 0 saturated carbocycles. The normalized spacial score (nSPS) is 16.6. The predicted octanol–water partition coefficient (Wildman–Crippen LogP) is 3.70. The van der Waals surface area contributed by atoms with E-state index in [9.17, 15) is 9.18 Å². The van der Waals surface area contributed by atoms with Crippen molar-refractivity contribution in [2.24, 2.45) is 0 Å². The van der Waals surface area contributed by atoms with Gasteiger partial charge in [-0.1, -0.05) is 19.1 Å². The molecule has 0 aliphatic carbocycles. The molecule has 0 amide bonds. The first kappa shape index (κ1) is 15.3. The Morgan fingerprint density at radius 1 is 1.35 bits per heavy atom. The first-order valence-corrected chi connectivity index (χ1v) is 7.60. The number of hydrogen-bond donors (Lipinski definition) is 1. The monoisotopic (exact) mass is 315 g/mol. The van der Waals surface area contributed by atoms with Gasteiger partial charge in [-0.25, -0.2) is 9.18 Å². The van der Waals surface area contributed by atoms with Crippen molar-refractivity contribution in [3.8, 4) is 5.75 Å². The number of carboxylic acids is 1. The van der Waals surface area contributed by atoms with Crippen LogP contribution in [0.1, 0.15) is 29.3 Å². The number of nitrogens with zero attached hydrogens (tertiary/aromatic N) is 1. The second-order valence-corrected chi connectivity index (χ2v) is 5.65. The van der Waals surface area contributed by atoms with Crippen LogP contribution in [0.2, 0.25) is 0 Å². The van der Waals surface area contributed by atoms with E-state index in [1.54, 1.807) is 24.3 Å². The summed E-state index contributed by atoms with van der Waals surface area (Å²) in [6, 6.07) is 11.3. The van der Waals surface area contributed by atoms with E-state index in [1.807, 2.05) is 17.9 Å². The van der Waals surface area contributed by atoms with Gasteiger partial charge in [0.1, 0.15) is 17.7 Å². The lowest BCUT2D eigenvalue weighted by Crippen LogP contribution is -2.39. The second kappa shape index (κ2) is 6.28. The highest BCUT2D eigenvalue weighted by Crippen LogP contribution is 2.35. The minimum Gasteiger partial charge on any atom is -0.486 e. The quantitative estimate of drug-likeness (QED) is 0.934. The third-order valence-electron chi connectivity index (χ3n) is 3.98. The van der Waals surface area contributed by atoms with Crippen molar-refractivity contribution in [2.45, 2.75) is 26.0 Å². The summed E-state index contributed by atoms with van der Waals surface area (Å²) in [5.41, 5.74) is 1.83. The van der Waals surface area contributed by atoms with Gasteiger partial charge in [0, 0.05) is 12.6 Å². The van der Waals surface area contributed by atoms with Gasteiger partial charge in [0.2, 0.25) is 0 Å². The summed E-state index contributed by atoms with van der Waals surface area (Å²) in [6.45, 7) is 3.20. The Bertz CT molecular complexity index is 732. The van der Waals surface area contributed by atoms with E-state index in [0.717, 1.165) is 12.0 Å². The zero-order chi connectivity index (χ0) is 16.4. The molecular weight excluding hydrogens is 297 g/mol. The maximum absolute atomic E-state index is 13.6. The Morgan fingerprint density at radius 3 is 2.91 bits per heavy atom. The summed E-state index contributed by atoms with van der Waals surface area (Å²) in [6.07, 6.45) is 0.887. The van der Waals surface area contributed by atoms with E-state index in [4.69, 9.17) is 9.84 Å². The Morgan fingerprint density at radius 2 is 2.17 bits per heavy atom. The van der Waals surface area contributed by atoms with Crippen molar-refractivity contribution in [1.82, 2.24) is 0 Å². The van der Waals surface area contributed by atoms with Crippen molar-refractivity contribution in [3.05, 3.63) is 59.4 Å². The zero-order valence-electron chi connectivity index (χ0n) is 12.8. The van der Waals surface area contributed by atoms with E-state index in [0.29, 0.717) is 24.5 Å². The lowest BCUT2D eigenvalue weighted by atomic mass is 10.1. The maximum atomic E-state index is 13.6. The molecule has 23 heavy (non-hydrogen) atoms. The van der Waals surface area contributed by atoms with Crippen LogP contribution < -0.4 is 9.64 Å². The molecule has 0 bridgehead atoms. The molecule has 1 aliphatic rings. The van der Waals surface area contributed by atoms with E-state index in [1.165, 1.54) is 12.1 Å². The van der Waals surface area contributed by atoms with Crippen molar-refractivity contribution >= 4 is 11.7 Å². The highest BCUT2D eigenvalue weighted by Gasteiger charge is 2.25. The Labute approximate surface area is 134 Å². The van der Waals surface area contributed by atoms with E-state index < -0.39 is 5.97 Å². The van der Waals surface area contributed by atoms with E-state index >= 15 is 0 Å². The minimum absolute atomic E-state index is 0.0376. The molecule has 3 rings (SSSR count). The molecule has 0 aromatic heterocycles. The summed E-state index contributed by atoms with van der Waals surface area (Å²) in [5.74, 6) is -0.600. The van der Waals surface area contributed by atoms with Gasteiger partial charge in [0.05, 0.1) is 17.8 Å². The van der Waals surface area contributed by atoms with Crippen LogP contribution >= 0.6 is 0 Å². The van der Waals surface area contributed by atoms with Crippen LogP contribution in [0.15, 0.2) is 42.5 Å². The Kier molecular flexibility index (Phi) is 4.19. The summed E-state index contributed by atoms with van der Waals surface area (Å²) in [4.78, 5) is 13.1. The molecule has 2 aromatic carbocycles. The van der Waals surface area contributed by atoms with Gasteiger partial charge in [0.25, 0.3) is 0 Å². The molecule has 4 nitrogen and oxygen atoms in total. The molecule has 5 heteroatoms. The summed E-state index contributed by atoms with van der Waals surface area (Å²) in [7, 11) is 0. The number of benzene rings is 2. The maximum Gasteiger partial charge on any atom is 0.335 e. The Hall–Kier alpha value is -2.56. The molecule has 0 radical (unpaired) electrons. The number of carboxylic acid groups (broad SMARTS) is 1. The number of hydrogen-bond acceptors (Lipinski definition) is 3. The predicted molar refractivity (Wildman–Crippen MR) is 85.6 cm³/mol. The molecule has 1 heterocycles. The third kappa shape index (κ3) is 3.28. The topological polar surface area (TPSA) is 49.8 Å². The fourth-order valence-corrected chi connectivity index (χ4v) is 2.78. The number of halogens is 1. The summed E-state index contributed by atoms with van der Waals surface area (Å²) >= 11 is 0. The van der Waals surface area contributed by atoms with E-state index in [-0.39, 0.29) is 17.5 Å². The number of anilines is 1. The standard InChI is InChI=1S/C18H18FNO3/c1-2-15-11-20(16-9-14(19)6-7-17(16)23-15)10-12-4-3-5-13(8-12)18(21)22/h3-9,15H,2,10-11H2,1H3,(H,21,22). The molecule has 1 atom stereocenters. The van der Waals surface area contributed by atoms with Crippen LogP contribution in [-0.2, 0) is 6.54 Å². The molecule has 120 valence electrons. The van der Waals surface area contributed by atoms with Crippen LogP contribution in [0.25, 0.3) is 0 Å².